The van der Waals surface area contributed by atoms with Gasteiger partial charge < -0.3 is 5.32 Å². The van der Waals surface area contributed by atoms with Crippen LogP contribution in [0.4, 0.5) is 0 Å². The molecule has 0 bridgehead atoms. The van der Waals surface area contributed by atoms with E-state index in [1.165, 1.54) is 27.8 Å². The molecule has 0 saturated heterocycles. The zero-order valence-electron chi connectivity index (χ0n) is 11.4. The lowest BCUT2D eigenvalue weighted by Gasteiger charge is -2.15. The van der Waals surface area contributed by atoms with Crippen molar-refractivity contribution in [3.05, 3.63) is 28.2 Å². The average Bonchev–Trinajstić information content (AvgIpc) is 3.11. The van der Waals surface area contributed by atoms with E-state index in [0.29, 0.717) is 11.2 Å². The molecule has 18 heavy (non-hydrogen) atoms. The minimum Gasteiger partial charge on any atom is -0.310 e. The van der Waals surface area contributed by atoms with E-state index >= 15 is 0 Å². The summed E-state index contributed by atoms with van der Waals surface area (Å²) in [4.78, 5) is 1.36. The number of halogens is 1. The van der Waals surface area contributed by atoms with Gasteiger partial charge in [0.05, 0.1) is 0 Å². The van der Waals surface area contributed by atoms with E-state index in [1.54, 1.807) is 0 Å². The van der Waals surface area contributed by atoms with Gasteiger partial charge in [0.15, 0.2) is 0 Å². The third kappa shape index (κ3) is 4.29. The second-order valence-corrected chi connectivity index (χ2v) is 7.78. The van der Waals surface area contributed by atoms with Crippen LogP contribution in [0.25, 0.3) is 0 Å². The van der Waals surface area contributed by atoms with Crippen molar-refractivity contribution in [3.8, 4) is 0 Å². The van der Waals surface area contributed by atoms with Crippen molar-refractivity contribution in [1.82, 2.24) is 5.32 Å². The standard InChI is InChI=1S/C15H22BrNS/c1-10(2)11(3)18-14-7-4-12(15(16)8-14)9-17-13-5-6-13/h4,7-8,10-11,13,17H,5-6,9H2,1-3H3. The Morgan fingerprint density at radius 3 is 2.61 bits per heavy atom. The Labute approximate surface area is 123 Å². The minimum absolute atomic E-state index is 0.660. The highest BCUT2D eigenvalue weighted by molar-refractivity contribution is 9.10. The van der Waals surface area contributed by atoms with E-state index in [2.05, 4.69) is 60.2 Å². The van der Waals surface area contributed by atoms with Crippen molar-refractivity contribution in [2.45, 2.75) is 56.3 Å². The summed E-state index contributed by atoms with van der Waals surface area (Å²) in [6.07, 6.45) is 2.69. The highest BCUT2D eigenvalue weighted by atomic mass is 79.9. The molecule has 1 aliphatic rings. The molecular weight excluding hydrogens is 306 g/mol. The maximum absolute atomic E-state index is 3.69. The largest absolute Gasteiger partial charge is 0.310 e. The summed E-state index contributed by atoms with van der Waals surface area (Å²) in [6, 6.07) is 7.52. The molecule has 1 unspecified atom stereocenters. The molecule has 1 atom stereocenters. The Balaban J connectivity index is 1.95. The van der Waals surface area contributed by atoms with E-state index in [9.17, 15) is 0 Å². The Morgan fingerprint density at radius 2 is 2.06 bits per heavy atom. The van der Waals surface area contributed by atoms with Crippen molar-refractivity contribution in [3.63, 3.8) is 0 Å². The Hall–Kier alpha value is 0.01000. The topological polar surface area (TPSA) is 12.0 Å². The van der Waals surface area contributed by atoms with Crippen molar-refractivity contribution >= 4 is 27.7 Å². The smallest absolute Gasteiger partial charge is 0.0231 e. The SMILES string of the molecule is CC(C)C(C)Sc1ccc(CNC2CC2)c(Br)c1. The Kier molecular flexibility index (Phi) is 5.16. The molecule has 0 aromatic heterocycles. The minimum atomic E-state index is 0.660. The first-order valence-electron chi connectivity index (χ1n) is 6.74. The van der Waals surface area contributed by atoms with Crippen molar-refractivity contribution in [2.75, 3.05) is 0 Å². The molecule has 2 rings (SSSR count). The number of benzene rings is 1. The summed E-state index contributed by atoms with van der Waals surface area (Å²) >= 11 is 5.65. The normalized spacial score (nSPS) is 17.2. The van der Waals surface area contributed by atoms with Crippen LogP contribution in [0.3, 0.4) is 0 Å². The molecule has 1 aromatic carbocycles. The third-order valence-electron chi connectivity index (χ3n) is 3.44. The van der Waals surface area contributed by atoms with Gasteiger partial charge in [-0.15, -0.1) is 11.8 Å². The van der Waals surface area contributed by atoms with Gasteiger partial charge in [-0.3, -0.25) is 0 Å². The summed E-state index contributed by atoms with van der Waals surface area (Å²) in [6.45, 7) is 7.84. The predicted molar refractivity (Wildman–Crippen MR) is 84.2 cm³/mol. The fourth-order valence-electron chi connectivity index (χ4n) is 1.64. The number of hydrogen-bond acceptors (Lipinski definition) is 2. The number of thioether (sulfide) groups is 1. The lowest BCUT2D eigenvalue weighted by atomic mass is 10.2. The van der Waals surface area contributed by atoms with Gasteiger partial charge in [-0.1, -0.05) is 42.8 Å². The molecule has 3 heteroatoms. The molecule has 0 aliphatic heterocycles. The zero-order valence-corrected chi connectivity index (χ0v) is 13.8. The lowest BCUT2D eigenvalue weighted by molar-refractivity contribution is 0.642. The second kappa shape index (κ2) is 6.44. The second-order valence-electron chi connectivity index (χ2n) is 5.48. The predicted octanol–water partition coefficient (Wildman–Crippen LogP) is 4.84. The van der Waals surface area contributed by atoms with Crippen molar-refractivity contribution in [2.24, 2.45) is 5.92 Å². The molecule has 1 aliphatic carbocycles. The van der Waals surface area contributed by atoms with Gasteiger partial charge in [0.25, 0.3) is 0 Å². The van der Waals surface area contributed by atoms with Crippen LogP contribution < -0.4 is 5.32 Å². The van der Waals surface area contributed by atoms with Gasteiger partial charge in [-0.05, 0) is 36.5 Å². The maximum Gasteiger partial charge on any atom is 0.0231 e. The summed E-state index contributed by atoms with van der Waals surface area (Å²) < 4.78 is 1.23. The van der Waals surface area contributed by atoms with Gasteiger partial charge in [0.2, 0.25) is 0 Å². The van der Waals surface area contributed by atoms with Gasteiger partial charge in [-0.2, -0.15) is 0 Å². The van der Waals surface area contributed by atoms with Crippen LogP contribution in [0.2, 0.25) is 0 Å². The number of hydrogen-bond donors (Lipinski definition) is 1. The van der Waals surface area contributed by atoms with Gasteiger partial charge in [0.1, 0.15) is 0 Å². The van der Waals surface area contributed by atoms with Crippen LogP contribution in [0, 0.1) is 5.92 Å². The first kappa shape index (κ1) is 14.4. The molecule has 0 amide bonds. The van der Waals surface area contributed by atoms with Crippen LogP contribution >= 0.6 is 27.7 Å². The molecule has 100 valence electrons. The van der Waals surface area contributed by atoms with Gasteiger partial charge in [0, 0.05) is 27.2 Å². The van der Waals surface area contributed by atoms with Crippen LogP contribution in [-0.4, -0.2) is 11.3 Å². The van der Waals surface area contributed by atoms with Crippen LogP contribution in [-0.2, 0) is 6.54 Å². The van der Waals surface area contributed by atoms with E-state index in [0.717, 1.165) is 12.6 Å². The zero-order chi connectivity index (χ0) is 13.1. The van der Waals surface area contributed by atoms with E-state index in [4.69, 9.17) is 0 Å². The van der Waals surface area contributed by atoms with Crippen molar-refractivity contribution in [1.29, 1.82) is 0 Å². The molecule has 0 radical (unpaired) electrons. The van der Waals surface area contributed by atoms with Gasteiger partial charge in [-0.25, -0.2) is 0 Å². The summed E-state index contributed by atoms with van der Waals surface area (Å²) in [5.74, 6) is 0.713. The molecule has 0 spiro atoms. The summed E-state index contributed by atoms with van der Waals surface area (Å²) in [5.41, 5.74) is 1.36. The molecule has 1 nitrogen and oxygen atoms in total. The lowest BCUT2D eigenvalue weighted by Crippen LogP contribution is -2.15. The molecular formula is C15H22BrNS. The first-order chi connectivity index (χ1) is 8.56. The van der Waals surface area contributed by atoms with E-state index in [-0.39, 0.29) is 0 Å². The Morgan fingerprint density at radius 1 is 1.33 bits per heavy atom. The third-order valence-corrected chi connectivity index (χ3v) is 5.62. The number of nitrogens with one attached hydrogen (secondary N) is 1. The Bertz CT molecular complexity index is 401. The summed E-state index contributed by atoms with van der Waals surface area (Å²) in [7, 11) is 0. The molecule has 1 saturated carbocycles. The highest BCUT2D eigenvalue weighted by Crippen LogP contribution is 2.31. The number of rotatable bonds is 6. The van der Waals surface area contributed by atoms with E-state index in [1.807, 2.05) is 11.8 Å². The quantitative estimate of drug-likeness (QED) is 0.750. The molecule has 1 N–H and O–H groups in total. The fraction of sp³-hybridized carbons (Fsp3) is 0.600. The highest BCUT2D eigenvalue weighted by Gasteiger charge is 2.20. The van der Waals surface area contributed by atoms with Crippen LogP contribution in [0.5, 0.6) is 0 Å². The molecule has 0 heterocycles. The fourth-order valence-corrected chi connectivity index (χ4v) is 3.34. The van der Waals surface area contributed by atoms with E-state index < -0.39 is 0 Å². The maximum atomic E-state index is 3.69. The van der Waals surface area contributed by atoms with Crippen LogP contribution in [0.15, 0.2) is 27.6 Å². The monoisotopic (exact) mass is 327 g/mol. The summed E-state index contributed by atoms with van der Waals surface area (Å²) in [5, 5.41) is 4.21. The van der Waals surface area contributed by atoms with Gasteiger partial charge >= 0.3 is 0 Å². The van der Waals surface area contributed by atoms with Crippen molar-refractivity contribution < 1.29 is 0 Å². The van der Waals surface area contributed by atoms with Crippen LogP contribution in [0.1, 0.15) is 39.2 Å². The molecule has 1 fully saturated rings. The first-order valence-corrected chi connectivity index (χ1v) is 8.42. The average molecular weight is 328 g/mol. The molecule has 1 aromatic rings.